The van der Waals surface area contributed by atoms with Crippen molar-refractivity contribution in [3.05, 3.63) is 41.2 Å². The first-order valence-electron chi connectivity index (χ1n) is 9.58. The number of nitrogens with one attached hydrogen (secondary N) is 3. The quantitative estimate of drug-likeness (QED) is 0.771. The summed E-state index contributed by atoms with van der Waals surface area (Å²) in [6, 6.07) is 5.88. The fraction of sp³-hybridized carbons (Fsp3) is 0.450. The first-order valence-corrected chi connectivity index (χ1v) is 9.58. The molecular weight excluding hydrogens is 342 g/mol. The number of anilines is 2. The number of hydrogen-bond donors (Lipinski definition) is 3. The third-order valence-corrected chi connectivity index (χ3v) is 5.46. The Morgan fingerprint density at radius 1 is 1.30 bits per heavy atom. The Labute approximate surface area is 158 Å². The number of aryl methyl sites for hydroxylation is 2. The summed E-state index contributed by atoms with van der Waals surface area (Å²) in [5.41, 5.74) is 4.86. The van der Waals surface area contributed by atoms with Crippen LogP contribution in [-0.4, -0.2) is 42.1 Å². The lowest BCUT2D eigenvalue weighted by Crippen LogP contribution is -2.40. The molecule has 1 aliphatic carbocycles. The van der Waals surface area contributed by atoms with Crippen molar-refractivity contribution < 1.29 is 9.59 Å². The predicted octanol–water partition coefficient (Wildman–Crippen LogP) is 1.97. The van der Waals surface area contributed by atoms with E-state index in [0.717, 1.165) is 60.3 Å². The van der Waals surface area contributed by atoms with E-state index >= 15 is 0 Å². The van der Waals surface area contributed by atoms with Crippen molar-refractivity contribution in [1.29, 1.82) is 0 Å². The minimum Gasteiger partial charge on any atom is -0.325 e. The van der Waals surface area contributed by atoms with Crippen LogP contribution in [0, 0.1) is 0 Å². The Morgan fingerprint density at radius 3 is 3.04 bits per heavy atom. The normalized spacial score (nSPS) is 18.6. The van der Waals surface area contributed by atoms with E-state index in [1.807, 2.05) is 23.1 Å². The van der Waals surface area contributed by atoms with Gasteiger partial charge in [-0.25, -0.2) is 0 Å². The first kappa shape index (κ1) is 17.7. The molecule has 7 nitrogen and oxygen atoms in total. The average Bonchev–Trinajstić information content (AvgIpc) is 3.16. The minimum absolute atomic E-state index is 0.0128. The molecule has 0 fully saturated rings. The van der Waals surface area contributed by atoms with Gasteiger partial charge in [0, 0.05) is 29.2 Å². The lowest BCUT2D eigenvalue weighted by Gasteiger charge is -2.30. The molecule has 0 bridgehead atoms. The van der Waals surface area contributed by atoms with Crippen molar-refractivity contribution in [1.82, 2.24) is 15.5 Å². The number of benzene rings is 1. The zero-order chi connectivity index (χ0) is 18.8. The fourth-order valence-corrected chi connectivity index (χ4v) is 4.12. The molecule has 1 atom stereocenters. The number of H-pyrrole nitrogens is 1. The molecule has 0 radical (unpaired) electrons. The van der Waals surface area contributed by atoms with Crippen LogP contribution in [-0.2, 0) is 22.4 Å². The largest absolute Gasteiger partial charge is 0.325 e. The molecular formula is C20H25N5O2. The molecule has 27 heavy (non-hydrogen) atoms. The summed E-state index contributed by atoms with van der Waals surface area (Å²) in [6.07, 6.45) is 6.43. The Hall–Kier alpha value is -2.67. The number of likely N-dealkylation sites (N-methyl/N-ethyl adjacent to an activating group) is 1. The van der Waals surface area contributed by atoms with Gasteiger partial charge >= 0.3 is 0 Å². The topological polar surface area (TPSA) is 90.1 Å². The molecule has 1 aromatic heterocycles. The number of aromatic amines is 1. The summed E-state index contributed by atoms with van der Waals surface area (Å²) in [5.74, 6) is -0.135. The monoisotopic (exact) mass is 367 g/mol. The summed E-state index contributed by atoms with van der Waals surface area (Å²) in [5, 5.41) is 13.1. The first-order chi connectivity index (χ1) is 13.2. The van der Waals surface area contributed by atoms with E-state index in [1.165, 1.54) is 0 Å². The smallest absolute Gasteiger partial charge is 0.240 e. The number of amides is 2. The highest BCUT2D eigenvalue weighted by molar-refractivity contribution is 5.99. The van der Waals surface area contributed by atoms with Crippen molar-refractivity contribution in [3.63, 3.8) is 0 Å². The van der Waals surface area contributed by atoms with Crippen LogP contribution in [0.25, 0.3) is 0 Å². The Balaban J connectivity index is 1.55. The molecule has 2 heterocycles. The highest BCUT2D eigenvalue weighted by Crippen LogP contribution is 2.33. The Morgan fingerprint density at radius 2 is 2.19 bits per heavy atom. The van der Waals surface area contributed by atoms with Gasteiger partial charge in [0.05, 0.1) is 18.7 Å². The zero-order valence-electron chi connectivity index (χ0n) is 15.5. The van der Waals surface area contributed by atoms with Gasteiger partial charge < -0.3 is 15.5 Å². The van der Waals surface area contributed by atoms with Crippen LogP contribution < -0.4 is 15.5 Å². The van der Waals surface area contributed by atoms with Crippen molar-refractivity contribution in [3.8, 4) is 0 Å². The van der Waals surface area contributed by atoms with E-state index < -0.39 is 0 Å². The van der Waals surface area contributed by atoms with Crippen LogP contribution in [0.15, 0.2) is 24.4 Å². The van der Waals surface area contributed by atoms with E-state index in [0.29, 0.717) is 13.1 Å². The fourth-order valence-electron chi connectivity index (χ4n) is 4.12. The van der Waals surface area contributed by atoms with Crippen LogP contribution in [0.5, 0.6) is 0 Å². The molecule has 142 valence electrons. The maximum absolute atomic E-state index is 12.9. The number of carbonyl (C=O) groups is 2. The Kier molecular flexibility index (Phi) is 4.94. The predicted molar refractivity (Wildman–Crippen MR) is 104 cm³/mol. The number of fused-ring (bicyclic) bond motifs is 2. The SMILES string of the molecule is CNCC(=O)N1CCCc2ccc(NC(=O)C3CCCc4[nH]ncc43)cc21. The zero-order valence-corrected chi connectivity index (χ0v) is 15.5. The molecule has 0 saturated carbocycles. The van der Waals surface area contributed by atoms with Gasteiger partial charge in [-0.2, -0.15) is 5.10 Å². The summed E-state index contributed by atoms with van der Waals surface area (Å²) in [7, 11) is 1.77. The third kappa shape index (κ3) is 3.47. The average molecular weight is 367 g/mol. The van der Waals surface area contributed by atoms with Crippen LogP contribution in [0.2, 0.25) is 0 Å². The minimum atomic E-state index is -0.175. The van der Waals surface area contributed by atoms with Gasteiger partial charge in [-0.1, -0.05) is 6.07 Å². The highest BCUT2D eigenvalue weighted by atomic mass is 16.2. The summed E-state index contributed by atoms with van der Waals surface area (Å²) < 4.78 is 0. The second-order valence-corrected chi connectivity index (χ2v) is 7.26. The molecule has 0 spiro atoms. The van der Waals surface area contributed by atoms with Crippen LogP contribution in [0.1, 0.15) is 42.0 Å². The van der Waals surface area contributed by atoms with Crippen molar-refractivity contribution in [2.75, 3.05) is 30.4 Å². The van der Waals surface area contributed by atoms with Gasteiger partial charge in [0.15, 0.2) is 0 Å². The van der Waals surface area contributed by atoms with Gasteiger partial charge in [0.25, 0.3) is 0 Å². The molecule has 1 aromatic carbocycles. The van der Waals surface area contributed by atoms with Crippen molar-refractivity contribution in [2.24, 2.45) is 0 Å². The van der Waals surface area contributed by atoms with Gasteiger partial charge in [-0.15, -0.1) is 0 Å². The van der Waals surface area contributed by atoms with E-state index in [2.05, 4.69) is 20.8 Å². The molecule has 4 rings (SSSR count). The van der Waals surface area contributed by atoms with Crippen molar-refractivity contribution in [2.45, 2.75) is 38.0 Å². The third-order valence-electron chi connectivity index (χ3n) is 5.46. The summed E-state index contributed by atoms with van der Waals surface area (Å²) in [6.45, 7) is 1.02. The van der Waals surface area contributed by atoms with Gasteiger partial charge in [-0.05, 0) is 56.8 Å². The molecule has 3 N–H and O–H groups in total. The maximum atomic E-state index is 12.9. The molecule has 2 aliphatic rings. The second kappa shape index (κ2) is 7.52. The van der Waals surface area contributed by atoms with E-state index in [9.17, 15) is 9.59 Å². The van der Waals surface area contributed by atoms with E-state index in [-0.39, 0.29) is 17.7 Å². The van der Waals surface area contributed by atoms with Crippen LogP contribution in [0.3, 0.4) is 0 Å². The molecule has 2 aromatic rings. The maximum Gasteiger partial charge on any atom is 0.240 e. The molecule has 2 amide bonds. The molecule has 7 heteroatoms. The lowest BCUT2D eigenvalue weighted by molar-refractivity contribution is -0.118. The number of nitrogens with zero attached hydrogens (tertiary/aromatic N) is 2. The molecule has 0 saturated heterocycles. The standard InChI is InChI=1S/C20H25N5O2/c1-21-12-19(26)25-9-3-4-13-7-8-14(10-18(13)25)23-20(27)15-5-2-6-17-16(15)11-22-24-17/h7-8,10-11,15,21H,2-6,9,12H2,1H3,(H,22,24)(H,23,27). The number of rotatable bonds is 4. The van der Waals surface area contributed by atoms with Crippen molar-refractivity contribution >= 4 is 23.2 Å². The number of carbonyl (C=O) groups excluding carboxylic acids is 2. The number of aromatic nitrogens is 2. The lowest BCUT2D eigenvalue weighted by atomic mass is 9.86. The molecule has 1 unspecified atom stereocenters. The summed E-state index contributed by atoms with van der Waals surface area (Å²) in [4.78, 5) is 27.1. The van der Waals surface area contributed by atoms with E-state index in [4.69, 9.17) is 0 Å². The van der Waals surface area contributed by atoms with Crippen LogP contribution >= 0.6 is 0 Å². The van der Waals surface area contributed by atoms with Gasteiger partial charge in [0.1, 0.15) is 0 Å². The van der Waals surface area contributed by atoms with E-state index in [1.54, 1.807) is 13.2 Å². The molecule has 1 aliphatic heterocycles. The number of hydrogen-bond acceptors (Lipinski definition) is 4. The van der Waals surface area contributed by atoms with Gasteiger partial charge in [-0.3, -0.25) is 14.7 Å². The summed E-state index contributed by atoms with van der Waals surface area (Å²) >= 11 is 0. The Bertz CT molecular complexity index is 860. The highest BCUT2D eigenvalue weighted by Gasteiger charge is 2.28. The van der Waals surface area contributed by atoms with Crippen LogP contribution in [0.4, 0.5) is 11.4 Å². The second-order valence-electron chi connectivity index (χ2n) is 7.26. The van der Waals surface area contributed by atoms with Gasteiger partial charge in [0.2, 0.25) is 11.8 Å².